The van der Waals surface area contributed by atoms with Gasteiger partial charge >= 0.3 is 0 Å². The number of aliphatic imine (C=N–C) groups is 1. The number of rotatable bonds is 7. The molecule has 0 saturated heterocycles. The number of thiophene rings is 1. The molecule has 1 aromatic carbocycles. The van der Waals surface area contributed by atoms with Gasteiger partial charge in [-0.15, -0.1) is 11.3 Å². The van der Waals surface area contributed by atoms with Crippen molar-refractivity contribution in [2.75, 3.05) is 13.1 Å². The molecule has 0 unspecified atom stereocenters. The summed E-state index contributed by atoms with van der Waals surface area (Å²) < 4.78 is 19.1. The average molecular weight is 412 g/mol. The van der Waals surface area contributed by atoms with Crippen molar-refractivity contribution in [1.29, 1.82) is 0 Å². The highest BCUT2D eigenvalue weighted by atomic mass is 32.1. The summed E-state index contributed by atoms with van der Waals surface area (Å²) in [5.74, 6) is 1.10. The first-order chi connectivity index (χ1) is 14.2. The highest BCUT2D eigenvalue weighted by Crippen LogP contribution is 2.23. The summed E-state index contributed by atoms with van der Waals surface area (Å²) in [6.07, 6.45) is 4.32. The fraction of sp³-hybridized carbons (Fsp3) is 0.238. The van der Waals surface area contributed by atoms with Gasteiger partial charge in [0.1, 0.15) is 17.8 Å². The van der Waals surface area contributed by atoms with Crippen LogP contribution in [0.15, 0.2) is 57.6 Å². The summed E-state index contributed by atoms with van der Waals surface area (Å²) in [7, 11) is 0. The molecule has 4 aromatic rings. The third-order valence-electron chi connectivity index (χ3n) is 4.44. The van der Waals surface area contributed by atoms with E-state index in [1.807, 2.05) is 30.6 Å². The highest BCUT2D eigenvalue weighted by molar-refractivity contribution is 7.13. The second-order valence-corrected chi connectivity index (χ2v) is 7.44. The lowest BCUT2D eigenvalue weighted by Crippen LogP contribution is -2.38. The Morgan fingerprint density at radius 2 is 2.24 bits per heavy atom. The maximum atomic E-state index is 13.5. The Bertz CT molecular complexity index is 1100. The molecule has 3 heterocycles. The average Bonchev–Trinajstić information content (AvgIpc) is 3.47. The lowest BCUT2D eigenvalue weighted by atomic mass is 10.1. The largest absolute Gasteiger partial charge is 0.443 e. The van der Waals surface area contributed by atoms with Crippen molar-refractivity contribution in [1.82, 2.24) is 20.6 Å². The van der Waals surface area contributed by atoms with Crippen molar-refractivity contribution < 1.29 is 8.81 Å². The molecule has 150 valence electrons. The Morgan fingerprint density at radius 3 is 3.07 bits per heavy atom. The van der Waals surface area contributed by atoms with E-state index in [1.165, 1.54) is 6.07 Å². The van der Waals surface area contributed by atoms with Crippen molar-refractivity contribution in [3.8, 4) is 10.8 Å². The summed E-state index contributed by atoms with van der Waals surface area (Å²) in [4.78, 5) is 13.3. The smallest absolute Gasteiger partial charge is 0.236 e. The Morgan fingerprint density at radius 1 is 1.31 bits per heavy atom. The maximum Gasteiger partial charge on any atom is 0.236 e. The van der Waals surface area contributed by atoms with Crippen LogP contribution in [0.1, 0.15) is 18.2 Å². The molecule has 0 fully saturated rings. The minimum absolute atomic E-state index is 0.226. The maximum absolute atomic E-state index is 13.5. The molecule has 0 aliphatic heterocycles. The van der Waals surface area contributed by atoms with Crippen molar-refractivity contribution >= 4 is 28.2 Å². The first-order valence-electron chi connectivity index (χ1n) is 9.49. The van der Waals surface area contributed by atoms with Crippen molar-refractivity contribution in [3.63, 3.8) is 0 Å². The van der Waals surface area contributed by atoms with Crippen LogP contribution >= 0.6 is 11.3 Å². The SMILES string of the molecule is CCNC(=NCc1coc(-c2cccs2)n1)NCCc1c[nH]c2ccc(F)cc12. The minimum Gasteiger partial charge on any atom is -0.443 e. The summed E-state index contributed by atoms with van der Waals surface area (Å²) in [6, 6.07) is 8.74. The number of aromatic amines is 1. The van der Waals surface area contributed by atoms with Crippen molar-refractivity contribution in [2.24, 2.45) is 4.99 Å². The third-order valence-corrected chi connectivity index (χ3v) is 5.30. The summed E-state index contributed by atoms with van der Waals surface area (Å²) in [5, 5.41) is 9.45. The molecule has 0 aliphatic rings. The van der Waals surface area contributed by atoms with Crippen LogP contribution in [0.4, 0.5) is 4.39 Å². The predicted molar refractivity (Wildman–Crippen MR) is 115 cm³/mol. The normalized spacial score (nSPS) is 11.9. The Hall–Kier alpha value is -3.13. The zero-order valence-corrected chi connectivity index (χ0v) is 16.9. The molecule has 0 bridgehead atoms. The molecule has 3 N–H and O–H groups in total. The number of oxazole rings is 1. The molecule has 0 amide bonds. The standard InChI is InChI=1S/C21H22FN5OS/c1-2-23-21(26-12-16-13-28-20(27-16)19-4-3-9-29-19)24-8-7-14-11-25-18-6-5-15(22)10-17(14)18/h3-6,9-11,13,25H,2,7-8,12H2,1H3,(H2,23,24,26). The number of hydrogen-bond acceptors (Lipinski definition) is 4. The van der Waals surface area contributed by atoms with Gasteiger partial charge in [0.15, 0.2) is 5.96 Å². The van der Waals surface area contributed by atoms with E-state index in [2.05, 4.69) is 25.6 Å². The zero-order chi connectivity index (χ0) is 20.1. The van der Waals surface area contributed by atoms with E-state index in [9.17, 15) is 4.39 Å². The highest BCUT2D eigenvalue weighted by Gasteiger charge is 2.08. The number of nitrogens with one attached hydrogen (secondary N) is 3. The van der Waals surface area contributed by atoms with E-state index in [0.717, 1.165) is 40.0 Å². The first kappa shape index (κ1) is 19.2. The molecule has 0 aliphatic carbocycles. The minimum atomic E-state index is -0.226. The van der Waals surface area contributed by atoms with E-state index < -0.39 is 0 Å². The fourth-order valence-electron chi connectivity index (χ4n) is 3.07. The van der Waals surface area contributed by atoms with Crippen LogP contribution in [-0.4, -0.2) is 29.0 Å². The Balaban J connectivity index is 1.36. The third kappa shape index (κ3) is 4.65. The Kier molecular flexibility index (Phi) is 5.90. The number of aromatic nitrogens is 2. The predicted octanol–water partition coefficient (Wildman–Crippen LogP) is 4.32. The van der Waals surface area contributed by atoms with E-state index in [1.54, 1.807) is 29.7 Å². The molecule has 8 heteroatoms. The molecule has 29 heavy (non-hydrogen) atoms. The van der Waals surface area contributed by atoms with Crippen molar-refractivity contribution in [3.05, 3.63) is 65.2 Å². The molecular formula is C21H22FN5OS. The number of hydrogen-bond donors (Lipinski definition) is 3. The van der Waals surface area contributed by atoms with E-state index in [4.69, 9.17) is 4.42 Å². The number of fused-ring (bicyclic) bond motifs is 1. The number of guanidine groups is 1. The quantitative estimate of drug-likeness (QED) is 0.313. The van der Waals surface area contributed by atoms with Crippen LogP contribution in [-0.2, 0) is 13.0 Å². The number of halogens is 1. The van der Waals surface area contributed by atoms with Gasteiger partial charge in [-0.2, -0.15) is 0 Å². The van der Waals surface area contributed by atoms with E-state index >= 15 is 0 Å². The van der Waals surface area contributed by atoms with Gasteiger partial charge in [0, 0.05) is 30.2 Å². The number of H-pyrrole nitrogens is 1. The van der Waals surface area contributed by atoms with Crippen molar-refractivity contribution in [2.45, 2.75) is 19.9 Å². The zero-order valence-electron chi connectivity index (χ0n) is 16.0. The molecule has 0 atom stereocenters. The van der Waals surface area contributed by atoms with Gasteiger partial charge in [0.2, 0.25) is 5.89 Å². The van der Waals surface area contributed by atoms with Gasteiger partial charge in [0.05, 0.1) is 11.4 Å². The topological polar surface area (TPSA) is 78.2 Å². The van der Waals surface area contributed by atoms with Crippen LogP contribution in [0, 0.1) is 5.82 Å². The van der Waals surface area contributed by atoms with E-state index in [0.29, 0.717) is 24.9 Å². The molecule has 0 saturated carbocycles. The summed E-state index contributed by atoms with van der Waals surface area (Å²) >= 11 is 1.59. The fourth-order valence-corrected chi connectivity index (χ4v) is 3.72. The lowest BCUT2D eigenvalue weighted by Gasteiger charge is -2.10. The van der Waals surface area contributed by atoms with E-state index in [-0.39, 0.29) is 5.82 Å². The second kappa shape index (κ2) is 8.91. The van der Waals surface area contributed by atoms with Crippen LogP contribution in [0.2, 0.25) is 0 Å². The van der Waals surface area contributed by atoms with Gasteiger partial charge in [-0.1, -0.05) is 6.07 Å². The number of nitrogens with zero attached hydrogens (tertiary/aromatic N) is 2. The van der Waals surface area contributed by atoms with Gasteiger partial charge in [-0.25, -0.2) is 14.4 Å². The monoisotopic (exact) mass is 411 g/mol. The molecule has 0 spiro atoms. The second-order valence-electron chi connectivity index (χ2n) is 6.50. The lowest BCUT2D eigenvalue weighted by molar-refractivity contribution is 0.574. The molecule has 6 nitrogen and oxygen atoms in total. The van der Waals surface area contributed by atoms with Crippen LogP contribution in [0.3, 0.4) is 0 Å². The summed E-state index contributed by atoms with van der Waals surface area (Å²) in [5.41, 5.74) is 2.78. The Labute approximate surface area is 171 Å². The number of benzene rings is 1. The molecule has 3 aromatic heterocycles. The van der Waals surface area contributed by atoms with Crippen LogP contribution < -0.4 is 10.6 Å². The van der Waals surface area contributed by atoms with Crippen LogP contribution in [0.25, 0.3) is 21.7 Å². The van der Waals surface area contributed by atoms with Gasteiger partial charge < -0.3 is 20.0 Å². The summed E-state index contributed by atoms with van der Waals surface area (Å²) in [6.45, 7) is 3.87. The van der Waals surface area contributed by atoms with Gasteiger partial charge in [-0.3, -0.25) is 0 Å². The molecular weight excluding hydrogens is 389 g/mol. The van der Waals surface area contributed by atoms with Gasteiger partial charge in [0.25, 0.3) is 0 Å². The molecule has 4 rings (SSSR count). The molecule has 0 radical (unpaired) electrons. The van der Waals surface area contributed by atoms with Crippen LogP contribution in [0.5, 0.6) is 0 Å². The van der Waals surface area contributed by atoms with Gasteiger partial charge in [-0.05, 0) is 48.6 Å². The first-order valence-corrected chi connectivity index (χ1v) is 10.4.